The van der Waals surface area contributed by atoms with E-state index in [1.807, 2.05) is 0 Å². The lowest BCUT2D eigenvalue weighted by atomic mass is 10.4. The third-order valence-electron chi connectivity index (χ3n) is 2.43. The van der Waals surface area contributed by atoms with Gasteiger partial charge in [0.25, 0.3) is 0 Å². The molecule has 2 aromatic heterocycles. The molecule has 0 unspecified atom stereocenters. The second kappa shape index (κ2) is 5.30. The highest BCUT2D eigenvalue weighted by atomic mass is 32.2. The maximum Gasteiger partial charge on any atom is 0.246 e. The van der Waals surface area contributed by atoms with Crippen LogP contribution in [0.25, 0.3) is 0 Å². The molecule has 0 radical (unpaired) electrons. The van der Waals surface area contributed by atoms with Gasteiger partial charge in [-0.1, -0.05) is 0 Å². The molecule has 0 aliphatic heterocycles. The Bertz CT molecular complexity index is 623. The molecule has 0 saturated heterocycles. The SMILES string of the molecule is CN(Cc1cn[nH]c1)S(=O)(=O)c1cnc(NN)nc1. The molecule has 0 saturated carbocycles. The smallest absolute Gasteiger partial charge is 0.246 e. The summed E-state index contributed by atoms with van der Waals surface area (Å²) in [6.45, 7) is 0.204. The Morgan fingerprint density at radius 3 is 2.58 bits per heavy atom. The summed E-state index contributed by atoms with van der Waals surface area (Å²) in [4.78, 5) is 7.54. The average molecular weight is 283 g/mol. The van der Waals surface area contributed by atoms with E-state index in [1.54, 1.807) is 12.4 Å². The van der Waals surface area contributed by atoms with Gasteiger partial charge in [0.05, 0.1) is 18.6 Å². The minimum Gasteiger partial charge on any atom is -0.292 e. The molecule has 0 atom stereocenters. The molecular formula is C9H13N7O2S. The van der Waals surface area contributed by atoms with E-state index in [4.69, 9.17) is 5.84 Å². The van der Waals surface area contributed by atoms with E-state index in [9.17, 15) is 8.42 Å². The number of hydrogen-bond acceptors (Lipinski definition) is 7. The van der Waals surface area contributed by atoms with Crippen molar-refractivity contribution in [2.45, 2.75) is 11.4 Å². The number of nitrogens with one attached hydrogen (secondary N) is 2. The Labute approximate surface area is 109 Å². The van der Waals surface area contributed by atoms with Crippen LogP contribution in [-0.2, 0) is 16.6 Å². The zero-order chi connectivity index (χ0) is 13.9. The first-order valence-electron chi connectivity index (χ1n) is 5.26. The van der Waals surface area contributed by atoms with Crippen molar-refractivity contribution in [1.29, 1.82) is 0 Å². The zero-order valence-corrected chi connectivity index (χ0v) is 10.9. The van der Waals surface area contributed by atoms with Gasteiger partial charge in [0.15, 0.2) is 0 Å². The van der Waals surface area contributed by atoms with Gasteiger partial charge in [0, 0.05) is 25.4 Å². The van der Waals surface area contributed by atoms with Crippen LogP contribution in [0.4, 0.5) is 5.95 Å². The molecule has 0 aromatic carbocycles. The maximum absolute atomic E-state index is 12.2. The standard InChI is InChI=1S/C9H13N7O2S/c1-16(6-7-2-13-14-3-7)19(17,18)8-4-11-9(15-10)12-5-8/h2-5H,6,10H2,1H3,(H,13,14)(H,11,12,15). The first kappa shape index (κ1) is 13.4. The summed E-state index contributed by atoms with van der Waals surface area (Å²) >= 11 is 0. The Hall–Kier alpha value is -2.04. The van der Waals surface area contributed by atoms with Gasteiger partial charge in [-0.05, 0) is 0 Å². The second-order valence-corrected chi connectivity index (χ2v) is 5.80. The molecule has 10 heteroatoms. The van der Waals surface area contributed by atoms with E-state index in [0.717, 1.165) is 5.56 Å². The number of anilines is 1. The number of H-pyrrole nitrogens is 1. The molecule has 19 heavy (non-hydrogen) atoms. The van der Waals surface area contributed by atoms with Crippen LogP contribution < -0.4 is 11.3 Å². The Morgan fingerprint density at radius 1 is 1.37 bits per heavy atom. The van der Waals surface area contributed by atoms with E-state index in [1.165, 1.54) is 23.7 Å². The highest BCUT2D eigenvalue weighted by Crippen LogP contribution is 2.15. The number of nitrogens with zero attached hydrogens (tertiary/aromatic N) is 4. The number of hydrogen-bond donors (Lipinski definition) is 3. The van der Waals surface area contributed by atoms with E-state index in [2.05, 4.69) is 25.6 Å². The molecule has 4 N–H and O–H groups in total. The van der Waals surface area contributed by atoms with Crippen molar-refractivity contribution in [3.63, 3.8) is 0 Å². The lowest BCUT2D eigenvalue weighted by molar-refractivity contribution is 0.466. The third kappa shape index (κ3) is 2.86. The van der Waals surface area contributed by atoms with Crippen molar-refractivity contribution < 1.29 is 8.42 Å². The number of sulfonamides is 1. The van der Waals surface area contributed by atoms with Gasteiger partial charge in [0.1, 0.15) is 4.90 Å². The lowest BCUT2D eigenvalue weighted by Crippen LogP contribution is -2.26. The van der Waals surface area contributed by atoms with Crippen molar-refractivity contribution in [1.82, 2.24) is 24.5 Å². The van der Waals surface area contributed by atoms with Crippen LogP contribution in [0, 0.1) is 0 Å². The van der Waals surface area contributed by atoms with Gasteiger partial charge in [-0.25, -0.2) is 24.2 Å². The molecule has 0 spiro atoms. The first-order chi connectivity index (χ1) is 9.04. The largest absolute Gasteiger partial charge is 0.292 e. The third-order valence-corrected chi connectivity index (χ3v) is 4.18. The highest BCUT2D eigenvalue weighted by molar-refractivity contribution is 7.89. The van der Waals surface area contributed by atoms with E-state index < -0.39 is 10.0 Å². The van der Waals surface area contributed by atoms with Crippen LogP contribution in [0.15, 0.2) is 29.7 Å². The monoisotopic (exact) mass is 283 g/mol. The van der Waals surface area contributed by atoms with Crippen LogP contribution >= 0.6 is 0 Å². The van der Waals surface area contributed by atoms with E-state index in [0.29, 0.717) is 0 Å². The number of nitrogen functional groups attached to an aromatic ring is 1. The summed E-state index contributed by atoms with van der Waals surface area (Å²) in [7, 11) is -2.17. The molecule has 0 fully saturated rings. The highest BCUT2D eigenvalue weighted by Gasteiger charge is 2.22. The number of aromatic amines is 1. The van der Waals surface area contributed by atoms with Crippen molar-refractivity contribution >= 4 is 16.0 Å². The molecule has 102 valence electrons. The fourth-order valence-corrected chi connectivity index (χ4v) is 2.46. The molecule has 0 aliphatic carbocycles. The number of hydrazine groups is 1. The minimum atomic E-state index is -3.64. The second-order valence-electron chi connectivity index (χ2n) is 3.75. The fraction of sp³-hybridized carbons (Fsp3) is 0.222. The van der Waals surface area contributed by atoms with Crippen molar-refractivity contribution in [3.8, 4) is 0 Å². The van der Waals surface area contributed by atoms with Gasteiger partial charge < -0.3 is 0 Å². The van der Waals surface area contributed by atoms with Gasteiger partial charge in [-0.15, -0.1) is 0 Å². The van der Waals surface area contributed by atoms with Crippen LogP contribution in [-0.4, -0.2) is 39.9 Å². The molecular weight excluding hydrogens is 270 g/mol. The summed E-state index contributed by atoms with van der Waals surface area (Å²) in [6.07, 6.45) is 5.58. The summed E-state index contributed by atoms with van der Waals surface area (Å²) in [5.74, 6) is 5.26. The zero-order valence-electron chi connectivity index (χ0n) is 10.1. The lowest BCUT2D eigenvalue weighted by Gasteiger charge is -2.15. The number of rotatable bonds is 5. The van der Waals surface area contributed by atoms with Crippen LogP contribution in [0.1, 0.15) is 5.56 Å². The number of nitrogens with two attached hydrogens (primary N) is 1. The van der Waals surface area contributed by atoms with Gasteiger partial charge in [-0.2, -0.15) is 9.40 Å². The topological polar surface area (TPSA) is 130 Å². The van der Waals surface area contributed by atoms with Crippen LogP contribution in [0.5, 0.6) is 0 Å². The predicted octanol–water partition coefficient (Wildman–Crippen LogP) is -0.694. The molecule has 2 rings (SSSR count). The summed E-state index contributed by atoms with van der Waals surface area (Å²) < 4.78 is 25.6. The quantitative estimate of drug-likeness (QED) is 0.489. The number of aromatic nitrogens is 4. The van der Waals surface area contributed by atoms with Gasteiger partial charge >= 0.3 is 0 Å². The van der Waals surface area contributed by atoms with Crippen molar-refractivity contribution in [3.05, 3.63) is 30.4 Å². The predicted molar refractivity (Wildman–Crippen MR) is 67.1 cm³/mol. The molecule has 2 aromatic rings. The Balaban J connectivity index is 2.20. The van der Waals surface area contributed by atoms with Crippen LogP contribution in [0.2, 0.25) is 0 Å². The maximum atomic E-state index is 12.2. The molecule has 9 nitrogen and oxygen atoms in total. The first-order valence-corrected chi connectivity index (χ1v) is 6.70. The normalized spacial score (nSPS) is 11.7. The molecule has 0 amide bonds. The van der Waals surface area contributed by atoms with Crippen LogP contribution in [0.3, 0.4) is 0 Å². The van der Waals surface area contributed by atoms with Crippen molar-refractivity contribution in [2.24, 2.45) is 5.84 Å². The average Bonchev–Trinajstić information content (AvgIpc) is 2.91. The summed E-state index contributed by atoms with van der Waals surface area (Å²) in [5, 5.41) is 6.38. The van der Waals surface area contributed by atoms with Crippen molar-refractivity contribution in [2.75, 3.05) is 12.5 Å². The summed E-state index contributed by atoms with van der Waals surface area (Å²) in [5.41, 5.74) is 2.98. The minimum absolute atomic E-state index is 0.00232. The molecule has 2 heterocycles. The summed E-state index contributed by atoms with van der Waals surface area (Å²) in [6, 6.07) is 0. The van der Waals surface area contributed by atoms with E-state index in [-0.39, 0.29) is 17.4 Å². The molecule has 0 aliphatic rings. The van der Waals surface area contributed by atoms with Gasteiger partial charge in [0.2, 0.25) is 16.0 Å². The Morgan fingerprint density at radius 2 is 2.05 bits per heavy atom. The fourth-order valence-electron chi connectivity index (χ4n) is 1.41. The van der Waals surface area contributed by atoms with E-state index >= 15 is 0 Å². The van der Waals surface area contributed by atoms with Gasteiger partial charge in [-0.3, -0.25) is 10.5 Å². The Kier molecular flexibility index (Phi) is 3.74. The molecule has 0 bridgehead atoms.